The zero-order chi connectivity index (χ0) is 16.5. The molecule has 2 N–H and O–H groups in total. The predicted octanol–water partition coefficient (Wildman–Crippen LogP) is 1.08. The SMILES string of the molecule is CC(C(=O)NCC(=O)NCc1ccncc1)N1CCCCCC1. The van der Waals surface area contributed by atoms with E-state index in [1.165, 1.54) is 12.8 Å². The summed E-state index contributed by atoms with van der Waals surface area (Å²) in [5.74, 6) is -0.260. The van der Waals surface area contributed by atoms with Gasteiger partial charge in [-0.3, -0.25) is 19.5 Å². The van der Waals surface area contributed by atoms with Gasteiger partial charge in [0.1, 0.15) is 0 Å². The molecule has 1 aromatic heterocycles. The number of nitrogens with zero attached hydrogens (tertiary/aromatic N) is 2. The minimum absolute atomic E-state index is 0.0160. The van der Waals surface area contributed by atoms with Crippen LogP contribution in [0.1, 0.15) is 38.2 Å². The third-order valence-electron chi connectivity index (χ3n) is 4.23. The predicted molar refractivity (Wildman–Crippen MR) is 88.6 cm³/mol. The van der Waals surface area contributed by atoms with Gasteiger partial charge in [0, 0.05) is 18.9 Å². The molecule has 2 amide bonds. The van der Waals surface area contributed by atoms with Gasteiger partial charge in [-0.05, 0) is 50.6 Å². The van der Waals surface area contributed by atoms with Crippen LogP contribution in [0.2, 0.25) is 0 Å². The largest absolute Gasteiger partial charge is 0.350 e. The summed E-state index contributed by atoms with van der Waals surface area (Å²) in [5, 5.41) is 5.52. The van der Waals surface area contributed by atoms with E-state index in [-0.39, 0.29) is 24.4 Å². The number of likely N-dealkylation sites (tertiary alicyclic amines) is 1. The van der Waals surface area contributed by atoms with Crippen LogP contribution in [-0.4, -0.2) is 47.4 Å². The third-order valence-corrected chi connectivity index (χ3v) is 4.23. The molecule has 2 rings (SSSR count). The topological polar surface area (TPSA) is 74.3 Å². The van der Waals surface area contributed by atoms with E-state index in [4.69, 9.17) is 0 Å². The van der Waals surface area contributed by atoms with Gasteiger partial charge in [-0.15, -0.1) is 0 Å². The van der Waals surface area contributed by atoms with Gasteiger partial charge >= 0.3 is 0 Å². The highest BCUT2D eigenvalue weighted by Crippen LogP contribution is 2.12. The Morgan fingerprint density at radius 1 is 1.13 bits per heavy atom. The minimum atomic E-state index is -0.182. The number of rotatable bonds is 6. The second-order valence-corrected chi connectivity index (χ2v) is 5.98. The summed E-state index contributed by atoms with van der Waals surface area (Å²) in [4.78, 5) is 30.1. The van der Waals surface area contributed by atoms with E-state index >= 15 is 0 Å². The zero-order valence-corrected chi connectivity index (χ0v) is 13.8. The maximum Gasteiger partial charge on any atom is 0.239 e. The van der Waals surface area contributed by atoms with Crippen LogP contribution in [0.15, 0.2) is 24.5 Å². The van der Waals surface area contributed by atoms with Crippen LogP contribution in [0.25, 0.3) is 0 Å². The van der Waals surface area contributed by atoms with Crippen molar-refractivity contribution in [3.63, 3.8) is 0 Å². The first-order valence-corrected chi connectivity index (χ1v) is 8.34. The highest BCUT2D eigenvalue weighted by atomic mass is 16.2. The van der Waals surface area contributed by atoms with E-state index in [1.807, 2.05) is 19.1 Å². The number of pyridine rings is 1. The van der Waals surface area contributed by atoms with Gasteiger partial charge in [0.2, 0.25) is 11.8 Å². The maximum absolute atomic E-state index is 12.2. The number of carbonyl (C=O) groups excluding carboxylic acids is 2. The quantitative estimate of drug-likeness (QED) is 0.823. The lowest BCUT2D eigenvalue weighted by atomic mass is 10.2. The fraction of sp³-hybridized carbons (Fsp3) is 0.588. The third kappa shape index (κ3) is 5.98. The highest BCUT2D eigenvalue weighted by Gasteiger charge is 2.22. The first kappa shape index (κ1) is 17.4. The molecule has 0 spiro atoms. The molecule has 1 aromatic rings. The Morgan fingerprint density at radius 3 is 2.43 bits per heavy atom. The van der Waals surface area contributed by atoms with Crippen LogP contribution in [0, 0.1) is 0 Å². The molecule has 2 heterocycles. The smallest absolute Gasteiger partial charge is 0.239 e. The Balaban J connectivity index is 1.69. The Bertz CT molecular complexity index is 499. The standard InChI is InChI=1S/C17H26N4O2/c1-14(21-10-4-2-3-5-11-21)17(23)20-13-16(22)19-12-15-6-8-18-9-7-15/h6-9,14H,2-5,10-13H2,1H3,(H,19,22)(H,20,23). The summed E-state index contributed by atoms with van der Waals surface area (Å²) >= 11 is 0. The number of aromatic nitrogens is 1. The molecule has 1 saturated heterocycles. The Hall–Kier alpha value is -1.95. The van der Waals surface area contributed by atoms with Crippen LogP contribution >= 0.6 is 0 Å². The van der Waals surface area contributed by atoms with E-state index in [0.29, 0.717) is 6.54 Å². The van der Waals surface area contributed by atoms with E-state index in [2.05, 4.69) is 20.5 Å². The second-order valence-electron chi connectivity index (χ2n) is 5.98. The Labute approximate surface area is 137 Å². The summed E-state index contributed by atoms with van der Waals surface area (Å²) < 4.78 is 0. The molecule has 6 heteroatoms. The Kier molecular flexibility index (Phi) is 7.00. The van der Waals surface area contributed by atoms with Gasteiger partial charge in [-0.2, -0.15) is 0 Å². The number of hydrogen-bond acceptors (Lipinski definition) is 4. The van der Waals surface area contributed by atoms with Gasteiger partial charge in [-0.25, -0.2) is 0 Å². The van der Waals surface area contributed by atoms with Gasteiger partial charge in [0.25, 0.3) is 0 Å². The molecule has 1 unspecified atom stereocenters. The lowest BCUT2D eigenvalue weighted by molar-refractivity contribution is -0.129. The monoisotopic (exact) mass is 318 g/mol. The molecule has 1 fully saturated rings. The van der Waals surface area contributed by atoms with E-state index in [9.17, 15) is 9.59 Å². The van der Waals surface area contributed by atoms with Crippen molar-refractivity contribution < 1.29 is 9.59 Å². The number of carbonyl (C=O) groups is 2. The van der Waals surface area contributed by atoms with Crippen LogP contribution in [-0.2, 0) is 16.1 Å². The molecule has 126 valence electrons. The molecule has 1 aliphatic rings. The van der Waals surface area contributed by atoms with Crippen LogP contribution in [0.3, 0.4) is 0 Å². The zero-order valence-electron chi connectivity index (χ0n) is 13.8. The number of nitrogens with one attached hydrogen (secondary N) is 2. The van der Waals surface area contributed by atoms with Crippen molar-refractivity contribution in [2.45, 2.75) is 45.2 Å². The fourth-order valence-corrected chi connectivity index (χ4v) is 2.73. The average Bonchev–Trinajstić information content (AvgIpc) is 2.87. The van der Waals surface area contributed by atoms with Crippen LogP contribution in [0.4, 0.5) is 0 Å². The molecular formula is C17H26N4O2. The average molecular weight is 318 g/mol. The summed E-state index contributed by atoms with van der Waals surface area (Å²) in [6, 6.07) is 3.52. The lowest BCUT2D eigenvalue weighted by Gasteiger charge is -2.26. The summed E-state index contributed by atoms with van der Waals surface area (Å²) in [6.45, 7) is 4.29. The molecule has 1 aliphatic heterocycles. The van der Waals surface area contributed by atoms with E-state index in [0.717, 1.165) is 31.5 Å². The van der Waals surface area contributed by atoms with Crippen molar-refractivity contribution in [3.05, 3.63) is 30.1 Å². The van der Waals surface area contributed by atoms with Crippen molar-refractivity contribution in [3.8, 4) is 0 Å². The summed E-state index contributed by atoms with van der Waals surface area (Å²) in [7, 11) is 0. The van der Waals surface area contributed by atoms with E-state index < -0.39 is 0 Å². The molecule has 0 aromatic carbocycles. The molecule has 1 atom stereocenters. The summed E-state index contributed by atoms with van der Waals surface area (Å²) in [6.07, 6.45) is 8.14. The molecular weight excluding hydrogens is 292 g/mol. The number of hydrogen-bond donors (Lipinski definition) is 2. The lowest BCUT2D eigenvalue weighted by Crippen LogP contribution is -2.47. The van der Waals surface area contributed by atoms with Crippen molar-refractivity contribution in [1.29, 1.82) is 0 Å². The second kappa shape index (κ2) is 9.25. The maximum atomic E-state index is 12.2. The van der Waals surface area contributed by atoms with Crippen LogP contribution in [0.5, 0.6) is 0 Å². The minimum Gasteiger partial charge on any atom is -0.350 e. The molecule has 0 aliphatic carbocycles. The summed E-state index contributed by atoms with van der Waals surface area (Å²) in [5.41, 5.74) is 0.984. The fourth-order valence-electron chi connectivity index (χ4n) is 2.73. The molecule has 0 bridgehead atoms. The van der Waals surface area contributed by atoms with Gasteiger partial charge in [0.15, 0.2) is 0 Å². The van der Waals surface area contributed by atoms with Crippen molar-refractivity contribution in [2.75, 3.05) is 19.6 Å². The normalized spacial score (nSPS) is 17.1. The Morgan fingerprint density at radius 2 is 1.78 bits per heavy atom. The first-order valence-electron chi connectivity index (χ1n) is 8.34. The van der Waals surface area contributed by atoms with Gasteiger partial charge in [-0.1, -0.05) is 12.8 Å². The molecule has 6 nitrogen and oxygen atoms in total. The highest BCUT2D eigenvalue weighted by molar-refractivity contribution is 5.87. The van der Waals surface area contributed by atoms with Gasteiger partial charge in [0.05, 0.1) is 12.6 Å². The molecule has 0 radical (unpaired) electrons. The van der Waals surface area contributed by atoms with Crippen molar-refractivity contribution >= 4 is 11.8 Å². The first-order chi connectivity index (χ1) is 11.2. The van der Waals surface area contributed by atoms with Crippen LogP contribution < -0.4 is 10.6 Å². The van der Waals surface area contributed by atoms with Crippen molar-refractivity contribution in [1.82, 2.24) is 20.5 Å². The molecule has 23 heavy (non-hydrogen) atoms. The van der Waals surface area contributed by atoms with Crippen molar-refractivity contribution in [2.24, 2.45) is 0 Å². The van der Waals surface area contributed by atoms with E-state index in [1.54, 1.807) is 12.4 Å². The number of amides is 2. The molecule has 0 saturated carbocycles. The van der Waals surface area contributed by atoms with Gasteiger partial charge < -0.3 is 10.6 Å².